The van der Waals surface area contributed by atoms with Crippen molar-refractivity contribution in [3.63, 3.8) is 0 Å². The van der Waals surface area contributed by atoms with Crippen LogP contribution in [0, 0.1) is 13.8 Å². The number of nitrogens with zero attached hydrogens (tertiary/aromatic N) is 2. The van der Waals surface area contributed by atoms with E-state index in [-0.39, 0.29) is 0 Å². The highest BCUT2D eigenvalue weighted by Gasteiger charge is 2.08. The number of hydrogen-bond donors (Lipinski definition) is 1. The zero-order valence-corrected chi connectivity index (χ0v) is 11.7. The van der Waals surface area contributed by atoms with Gasteiger partial charge in [0.15, 0.2) is 17.1 Å². The second kappa shape index (κ2) is 5.06. The summed E-state index contributed by atoms with van der Waals surface area (Å²) in [5, 5.41) is 0. The molecular formula is C16H17N3O. The van der Waals surface area contributed by atoms with Gasteiger partial charge in [0.05, 0.1) is 5.69 Å². The Morgan fingerprint density at radius 2 is 1.90 bits per heavy atom. The molecule has 0 aliphatic heterocycles. The fourth-order valence-corrected chi connectivity index (χ4v) is 2.16. The number of nitrogens with two attached hydrogens (primary N) is 1. The van der Waals surface area contributed by atoms with Gasteiger partial charge in [0, 0.05) is 18.5 Å². The molecule has 102 valence electrons. The van der Waals surface area contributed by atoms with Crippen LogP contribution in [0.3, 0.4) is 0 Å². The maximum Gasteiger partial charge on any atom is 0.199 e. The van der Waals surface area contributed by atoms with Crippen molar-refractivity contribution in [2.24, 2.45) is 5.73 Å². The van der Waals surface area contributed by atoms with Gasteiger partial charge in [0.2, 0.25) is 0 Å². The lowest BCUT2D eigenvalue weighted by Gasteiger charge is -2.04. The summed E-state index contributed by atoms with van der Waals surface area (Å²) in [5.74, 6) is 0.646. The number of rotatable bonds is 3. The molecule has 3 aromatic rings. The van der Waals surface area contributed by atoms with Gasteiger partial charge in [-0.15, -0.1) is 0 Å². The molecule has 0 radical (unpaired) electrons. The average Bonchev–Trinajstić information content (AvgIpc) is 2.83. The second-order valence-corrected chi connectivity index (χ2v) is 4.96. The predicted octanol–water partition coefficient (Wildman–Crippen LogP) is 3.01. The summed E-state index contributed by atoms with van der Waals surface area (Å²) >= 11 is 0. The van der Waals surface area contributed by atoms with Gasteiger partial charge < -0.3 is 10.2 Å². The van der Waals surface area contributed by atoms with Crippen molar-refractivity contribution >= 4 is 11.2 Å². The number of benzene rings is 1. The lowest BCUT2D eigenvalue weighted by atomic mass is 10.0. The van der Waals surface area contributed by atoms with Crippen LogP contribution in [-0.2, 0) is 6.42 Å². The van der Waals surface area contributed by atoms with Gasteiger partial charge in [-0.2, -0.15) is 4.98 Å². The molecule has 0 bridgehead atoms. The first-order chi connectivity index (χ1) is 9.67. The molecular weight excluding hydrogens is 250 g/mol. The molecule has 4 heteroatoms. The van der Waals surface area contributed by atoms with Crippen LogP contribution >= 0.6 is 0 Å². The van der Waals surface area contributed by atoms with Gasteiger partial charge in [-0.3, -0.25) is 0 Å². The Balaban J connectivity index is 2.05. The van der Waals surface area contributed by atoms with Crippen LogP contribution < -0.4 is 5.73 Å². The number of hydrogen-bond acceptors (Lipinski definition) is 4. The molecule has 0 saturated heterocycles. The van der Waals surface area contributed by atoms with Gasteiger partial charge >= 0.3 is 0 Å². The highest BCUT2D eigenvalue weighted by Crippen LogP contribution is 2.23. The standard InChI is InChI=1S/C16H17N3O/c1-10-3-4-12(9-11(10)2)13-5-6-14-16(18-13)19-15(20-14)7-8-17/h3-6,9H,7-8,17H2,1-2H3. The fraction of sp³-hybridized carbons (Fsp3) is 0.250. The summed E-state index contributed by atoms with van der Waals surface area (Å²) in [7, 11) is 0. The van der Waals surface area contributed by atoms with E-state index in [1.807, 2.05) is 12.1 Å². The van der Waals surface area contributed by atoms with Crippen LogP contribution in [0.4, 0.5) is 0 Å². The van der Waals surface area contributed by atoms with Gasteiger partial charge in [0.1, 0.15) is 0 Å². The molecule has 0 aliphatic carbocycles. The van der Waals surface area contributed by atoms with E-state index in [1.165, 1.54) is 11.1 Å². The summed E-state index contributed by atoms with van der Waals surface area (Å²) in [4.78, 5) is 8.94. The summed E-state index contributed by atoms with van der Waals surface area (Å²) in [5.41, 5.74) is 11.4. The van der Waals surface area contributed by atoms with Crippen LogP contribution in [0.5, 0.6) is 0 Å². The summed E-state index contributed by atoms with van der Waals surface area (Å²) in [6.07, 6.45) is 0.634. The van der Waals surface area contributed by atoms with Gasteiger partial charge in [-0.25, -0.2) is 4.98 Å². The van der Waals surface area contributed by atoms with E-state index in [2.05, 4.69) is 42.0 Å². The van der Waals surface area contributed by atoms with Gasteiger partial charge in [0.25, 0.3) is 0 Å². The maximum absolute atomic E-state index is 5.59. The van der Waals surface area contributed by atoms with Gasteiger partial charge in [-0.1, -0.05) is 12.1 Å². The molecule has 0 aliphatic rings. The van der Waals surface area contributed by atoms with E-state index in [0.717, 1.165) is 11.3 Å². The molecule has 1 aromatic carbocycles. The van der Waals surface area contributed by atoms with Crippen molar-refractivity contribution in [3.05, 3.63) is 47.3 Å². The lowest BCUT2D eigenvalue weighted by Crippen LogP contribution is -2.02. The minimum atomic E-state index is 0.525. The van der Waals surface area contributed by atoms with E-state index < -0.39 is 0 Å². The van der Waals surface area contributed by atoms with Crippen LogP contribution in [0.25, 0.3) is 22.5 Å². The number of aromatic nitrogens is 2. The number of aryl methyl sites for hydroxylation is 2. The number of fused-ring (bicyclic) bond motifs is 1. The third kappa shape index (κ3) is 2.30. The maximum atomic E-state index is 5.59. The van der Waals surface area contributed by atoms with E-state index >= 15 is 0 Å². The molecule has 4 nitrogen and oxygen atoms in total. The molecule has 0 saturated carbocycles. The highest BCUT2D eigenvalue weighted by atomic mass is 16.3. The minimum absolute atomic E-state index is 0.525. The lowest BCUT2D eigenvalue weighted by molar-refractivity contribution is 0.531. The quantitative estimate of drug-likeness (QED) is 0.792. The Morgan fingerprint density at radius 3 is 2.65 bits per heavy atom. The summed E-state index contributed by atoms with van der Waals surface area (Å²) < 4.78 is 5.59. The van der Waals surface area contributed by atoms with Crippen molar-refractivity contribution in [2.75, 3.05) is 6.54 Å². The van der Waals surface area contributed by atoms with Crippen LogP contribution in [-0.4, -0.2) is 16.5 Å². The van der Waals surface area contributed by atoms with Crippen molar-refractivity contribution in [2.45, 2.75) is 20.3 Å². The summed E-state index contributed by atoms with van der Waals surface area (Å²) in [6.45, 7) is 4.73. The van der Waals surface area contributed by atoms with Crippen LogP contribution in [0.15, 0.2) is 34.7 Å². The molecule has 2 N–H and O–H groups in total. The molecule has 2 aromatic heterocycles. The Kier molecular flexibility index (Phi) is 3.24. The predicted molar refractivity (Wildman–Crippen MR) is 79.5 cm³/mol. The molecule has 3 rings (SSSR count). The molecule has 0 unspecified atom stereocenters. The van der Waals surface area contributed by atoms with Crippen molar-refractivity contribution in [1.29, 1.82) is 0 Å². The Labute approximate surface area is 117 Å². The number of pyridine rings is 1. The zero-order valence-electron chi connectivity index (χ0n) is 11.7. The monoisotopic (exact) mass is 267 g/mol. The molecule has 0 atom stereocenters. The topological polar surface area (TPSA) is 64.9 Å². The third-order valence-corrected chi connectivity index (χ3v) is 3.46. The minimum Gasteiger partial charge on any atom is -0.439 e. The number of oxazole rings is 1. The molecule has 20 heavy (non-hydrogen) atoms. The first-order valence-electron chi connectivity index (χ1n) is 6.71. The summed E-state index contributed by atoms with van der Waals surface area (Å²) in [6, 6.07) is 10.2. The molecule has 0 spiro atoms. The largest absolute Gasteiger partial charge is 0.439 e. The van der Waals surface area contributed by atoms with E-state index in [0.29, 0.717) is 30.1 Å². The first kappa shape index (κ1) is 12.8. The third-order valence-electron chi connectivity index (χ3n) is 3.46. The Bertz CT molecular complexity index is 762. The van der Waals surface area contributed by atoms with Gasteiger partial charge in [-0.05, 0) is 43.2 Å². The van der Waals surface area contributed by atoms with Crippen LogP contribution in [0.1, 0.15) is 17.0 Å². The normalized spacial score (nSPS) is 11.2. The Morgan fingerprint density at radius 1 is 1.05 bits per heavy atom. The SMILES string of the molecule is Cc1ccc(-c2ccc3oc(CCN)nc3n2)cc1C. The van der Waals surface area contributed by atoms with E-state index in [1.54, 1.807) is 0 Å². The molecule has 0 fully saturated rings. The first-order valence-corrected chi connectivity index (χ1v) is 6.71. The average molecular weight is 267 g/mol. The second-order valence-electron chi connectivity index (χ2n) is 4.96. The van der Waals surface area contributed by atoms with Crippen LogP contribution in [0.2, 0.25) is 0 Å². The van der Waals surface area contributed by atoms with E-state index in [4.69, 9.17) is 10.2 Å². The molecule has 0 amide bonds. The highest BCUT2D eigenvalue weighted by molar-refractivity contribution is 5.73. The van der Waals surface area contributed by atoms with Crippen molar-refractivity contribution < 1.29 is 4.42 Å². The Hall–Kier alpha value is -2.20. The van der Waals surface area contributed by atoms with E-state index in [9.17, 15) is 0 Å². The zero-order chi connectivity index (χ0) is 14.1. The van der Waals surface area contributed by atoms with Crippen molar-refractivity contribution in [1.82, 2.24) is 9.97 Å². The molecule has 2 heterocycles. The smallest absolute Gasteiger partial charge is 0.199 e. The fourth-order valence-electron chi connectivity index (χ4n) is 2.16. The van der Waals surface area contributed by atoms with Crippen molar-refractivity contribution in [3.8, 4) is 11.3 Å².